The Balaban J connectivity index is 0. The monoisotopic (exact) mass is 235 g/mol. The van der Waals surface area contributed by atoms with Crippen LogP contribution in [0, 0.1) is 0 Å². The number of likely N-dealkylation sites (tertiary alicyclic amines) is 1. The fraction of sp³-hybridized carbons (Fsp3) is 0.917. The van der Waals surface area contributed by atoms with E-state index < -0.39 is 7.11 Å². The Bertz CT molecular complexity index is 159. The van der Waals surface area contributed by atoms with Crippen LogP contribution in [0.3, 0.4) is 0 Å². The van der Waals surface area contributed by atoms with Crippen molar-refractivity contribution in [2.24, 2.45) is 0 Å². The summed E-state index contributed by atoms with van der Waals surface area (Å²) < 4.78 is 4.94. The molecule has 0 saturated carbocycles. The highest BCUT2D eigenvalue weighted by Crippen LogP contribution is 2.34. The first-order valence-electron chi connectivity index (χ1n) is 5.88. The first kappa shape index (κ1) is 17.6. The van der Waals surface area contributed by atoms with E-state index in [0.717, 1.165) is 0 Å². The average molecular weight is 235 g/mol. The van der Waals surface area contributed by atoms with Crippen LogP contribution in [0.4, 0.5) is 0 Å². The standard InChI is InChI=1S/C6H13N.C4H11OP.C2H6/c1-7-5-3-2-4-6-7;1-5-6(2,3)4;1-2/h2-6H2,1H3;2H2,1,3-4H3;1-2H3. The van der Waals surface area contributed by atoms with Gasteiger partial charge in [0.05, 0.1) is 0 Å². The SMILES string of the molecule is C=P(C)(C)OC.CC.CN1CCCCC1. The highest BCUT2D eigenvalue weighted by molar-refractivity contribution is 7.67. The molecule has 1 heterocycles. The maximum absolute atomic E-state index is 4.94. The normalized spacial score (nSPS) is 16.9. The summed E-state index contributed by atoms with van der Waals surface area (Å²) in [6.45, 7) is 10.7. The third kappa shape index (κ3) is 16.9. The molecule has 0 N–H and O–H groups in total. The highest BCUT2D eigenvalue weighted by Gasteiger charge is 2.02. The molecule has 0 bridgehead atoms. The molecular formula is C12H30NOP. The van der Waals surface area contributed by atoms with Crippen molar-refractivity contribution in [2.75, 3.05) is 40.6 Å². The molecule has 0 spiro atoms. The van der Waals surface area contributed by atoms with Crippen molar-refractivity contribution in [1.82, 2.24) is 4.90 Å². The zero-order valence-corrected chi connectivity index (χ0v) is 12.4. The van der Waals surface area contributed by atoms with E-state index in [9.17, 15) is 0 Å². The Hall–Kier alpha value is 0.220. The summed E-state index contributed by atoms with van der Waals surface area (Å²) in [6.07, 6.45) is 8.05. The van der Waals surface area contributed by atoms with Crippen LogP contribution < -0.4 is 0 Å². The van der Waals surface area contributed by atoms with Gasteiger partial charge in [0.1, 0.15) is 0 Å². The predicted octanol–water partition coefficient (Wildman–Crippen LogP) is 3.39. The second-order valence-corrected chi connectivity index (χ2v) is 7.63. The molecule has 3 heteroatoms. The van der Waals surface area contributed by atoms with Crippen LogP contribution in [-0.2, 0) is 4.52 Å². The van der Waals surface area contributed by atoms with Gasteiger partial charge < -0.3 is 9.42 Å². The van der Waals surface area contributed by atoms with Gasteiger partial charge in [0.25, 0.3) is 0 Å². The van der Waals surface area contributed by atoms with Gasteiger partial charge in [0, 0.05) is 7.11 Å². The van der Waals surface area contributed by atoms with E-state index in [0.29, 0.717) is 0 Å². The summed E-state index contributed by atoms with van der Waals surface area (Å²) in [5.74, 6) is 0. The van der Waals surface area contributed by atoms with Gasteiger partial charge >= 0.3 is 0 Å². The first-order chi connectivity index (χ1) is 6.95. The molecule has 0 aromatic carbocycles. The van der Waals surface area contributed by atoms with Gasteiger partial charge in [-0.15, -0.1) is 0 Å². The van der Waals surface area contributed by atoms with Gasteiger partial charge in [-0.2, -0.15) is 0 Å². The Morgan fingerprint density at radius 3 is 1.53 bits per heavy atom. The molecule has 0 radical (unpaired) electrons. The van der Waals surface area contributed by atoms with Gasteiger partial charge in [-0.05, 0) is 53.4 Å². The van der Waals surface area contributed by atoms with Crippen LogP contribution in [0.1, 0.15) is 33.1 Å². The summed E-state index contributed by atoms with van der Waals surface area (Å²) in [7, 11) is 2.74. The molecule has 0 atom stereocenters. The summed E-state index contributed by atoms with van der Waals surface area (Å²) in [5, 5.41) is 0. The van der Waals surface area contributed by atoms with Crippen molar-refractivity contribution in [3.8, 4) is 0 Å². The van der Waals surface area contributed by atoms with Crippen molar-refractivity contribution in [3.63, 3.8) is 0 Å². The summed E-state index contributed by atoms with van der Waals surface area (Å²) in [6, 6.07) is 0. The van der Waals surface area contributed by atoms with Crippen molar-refractivity contribution in [3.05, 3.63) is 0 Å². The van der Waals surface area contributed by atoms with E-state index >= 15 is 0 Å². The van der Waals surface area contributed by atoms with E-state index in [4.69, 9.17) is 4.52 Å². The molecule has 0 aliphatic carbocycles. The van der Waals surface area contributed by atoms with Crippen LogP contribution in [0.2, 0.25) is 0 Å². The number of piperidine rings is 1. The third-order valence-corrected chi connectivity index (χ3v) is 3.06. The number of hydrogen-bond acceptors (Lipinski definition) is 2. The van der Waals surface area contributed by atoms with E-state index in [1.54, 1.807) is 7.11 Å². The van der Waals surface area contributed by atoms with Crippen molar-refractivity contribution >= 4 is 13.4 Å². The number of hydrogen-bond donors (Lipinski definition) is 0. The largest absolute Gasteiger partial charge is 0.366 e. The van der Waals surface area contributed by atoms with Gasteiger partial charge in [0.2, 0.25) is 0 Å². The van der Waals surface area contributed by atoms with Crippen LogP contribution >= 0.6 is 7.11 Å². The predicted molar refractivity (Wildman–Crippen MR) is 75.6 cm³/mol. The molecule has 1 fully saturated rings. The summed E-state index contributed by atoms with van der Waals surface area (Å²) in [5.41, 5.74) is 0. The molecule has 1 aliphatic rings. The lowest BCUT2D eigenvalue weighted by atomic mass is 10.1. The van der Waals surface area contributed by atoms with Gasteiger partial charge in [-0.3, -0.25) is 0 Å². The molecule has 2 nitrogen and oxygen atoms in total. The van der Waals surface area contributed by atoms with Crippen LogP contribution in [0.25, 0.3) is 0 Å². The van der Waals surface area contributed by atoms with Crippen LogP contribution in [-0.4, -0.2) is 51.8 Å². The third-order valence-electron chi connectivity index (χ3n) is 2.07. The Morgan fingerprint density at radius 2 is 1.40 bits per heavy atom. The number of rotatable bonds is 1. The van der Waals surface area contributed by atoms with Gasteiger partial charge in [0.15, 0.2) is 0 Å². The molecular weight excluding hydrogens is 205 g/mol. The zero-order chi connectivity index (χ0) is 12.3. The van der Waals surface area contributed by atoms with E-state index in [1.807, 2.05) is 27.2 Å². The quantitative estimate of drug-likeness (QED) is 0.646. The van der Waals surface area contributed by atoms with Crippen LogP contribution in [0.5, 0.6) is 0 Å². The lowest BCUT2D eigenvalue weighted by Crippen LogP contribution is -2.24. The molecule has 0 aromatic rings. The Kier molecular flexibility index (Phi) is 12.6. The topological polar surface area (TPSA) is 12.5 Å². The smallest absolute Gasteiger partial charge is 0.0396 e. The van der Waals surface area contributed by atoms with Gasteiger partial charge in [-0.25, -0.2) is 0 Å². The second-order valence-electron chi connectivity index (χ2n) is 4.12. The molecule has 1 rings (SSSR count). The first-order valence-corrected chi connectivity index (χ1v) is 8.67. The lowest BCUT2D eigenvalue weighted by Gasteiger charge is -2.20. The maximum atomic E-state index is 4.94. The minimum atomic E-state index is -1.15. The highest BCUT2D eigenvalue weighted by atomic mass is 31.2. The fourth-order valence-corrected chi connectivity index (χ4v) is 1.05. The molecule has 1 aliphatic heterocycles. The summed E-state index contributed by atoms with van der Waals surface area (Å²) in [4.78, 5) is 2.39. The van der Waals surface area contributed by atoms with E-state index in [1.165, 1.54) is 32.4 Å². The average Bonchev–Trinajstić information content (AvgIpc) is 2.22. The Labute approximate surface area is 97.1 Å². The molecule has 94 valence electrons. The maximum Gasteiger partial charge on any atom is 0.0396 e. The second kappa shape index (κ2) is 10.7. The molecule has 0 aromatic heterocycles. The van der Waals surface area contributed by atoms with Gasteiger partial charge in [-0.1, -0.05) is 26.6 Å². The van der Waals surface area contributed by atoms with Crippen LogP contribution in [0.15, 0.2) is 0 Å². The molecule has 15 heavy (non-hydrogen) atoms. The van der Waals surface area contributed by atoms with E-state index in [2.05, 4.69) is 18.2 Å². The molecule has 1 saturated heterocycles. The molecule has 0 amide bonds. The number of nitrogens with zero attached hydrogens (tertiary/aromatic N) is 1. The minimum Gasteiger partial charge on any atom is -0.366 e. The zero-order valence-electron chi connectivity index (χ0n) is 11.5. The minimum absolute atomic E-state index is 1.15. The van der Waals surface area contributed by atoms with E-state index in [-0.39, 0.29) is 0 Å². The van der Waals surface area contributed by atoms with Crippen molar-refractivity contribution < 1.29 is 4.52 Å². The fourth-order valence-electron chi connectivity index (χ4n) is 1.05. The lowest BCUT2D eigenvalue weighted by molar-refractivity contribution is 0.277. The molecule has 0 unspecified atom stereocenters. The Morgan fingerprint density at radius 1 is 1.07 bits per heavy atom. The summed E-state index contributed by atoms with van der Waals surface area (Å²) >= 11 is 0. The van der Waals surface area contributed by atoms with Crippen molar-refractivity contribution in [1.29, 1.82) is 0 Å². The van der Waals surface area contributed by atoms with Crippen molar-refractivity contribution in [2.45, 2.75) is 33.1 Å².